The molecule has 0 unspecified atom stereocenters. The molecule has 2 aromatic rings. The first-order valence-corrected chi connectivity index (χ1v) is 7.69. The maximum Gasteiger partial charge on any atom is 0.216 e. The van der Waals surface area contributed by atoms with Crippen LogP contribution in [0.15, 0.2) is 23.2 Å². The lowest BCUT2D eigenvalue weighted by Crippen LogP contribution is -2.22. The summed E-state index contributed by atoms with van der Waals surface area (Å²) in [6, 6.07) is 6.11. The van der Waals surface area contributed by atoms with E-state index < -0.39 is 0 Å². The zero-order valence-corrected chi connectivity index (χ0v) is 14.5. The minimum absolute atomic E-state index is 0.376. The third kappa shape index (κ3) is 3.83. The second-order valence-electron chi connectivity index (χ2n) is 5.54. The lowest BCUT2D eigenvalue weighted by atomic mass is 10.1. The zero-order chi connectivity index (χ0) is 17.0. The number of guanidine groups is 1. The molecular formula is C17H25N5O. The summed E-state index contributed by atoms with van der Waals surface area (Å²) < 4.78 is 7.14. The lowest BCUT2D eigenvalue weighted by Gasteiger charge is -2.08. The Hall–Kier alpha value is -2.50. The van der Waals surface area contributed by atoms with E-state index in [9.17, 15) is 0 Å². The largest absolute Gasteiger partial charge is 0.481 e. The van der Waals surface area contributed by atoms with Crippen molar-refractivity contribution in [3.63, 3.8) is 0 Å². The normalized spacial score (nSPS) is 11.6. The van der Waals surface area contributed by atoms with Crippen molar-refractivity contribution in [2.24, 2.45) is 17.8 Å². The Labute approximate surface area is 137 Å². The van der Waals surface area contributed by atoms with Crippen LogP contribution in [0.2, 0.25) is 0 Å². The molecular weight excluding hydrogens is 290 g/mol. The monoisotopic (exact) mass is 315 g/mol. The molecule has 0 atom stereocenters. The molecule has 0 amide bonds. The molecule has 0 fully saturated rings. The van der Waals surface area contributed by atoms with Gasteiger partial charge in [-0.15, -0.1) is 0 Å². The highest BCUT2D eigenvalue weighted by atomic mass is 16.5. The lowest BCUT2D eigenvalue weighted by molar-refractivity contribution is 0.369. The molecule has 1 heterocycles. The number of nitrogens with two attached hydrogens (primary N) is 1. The zero-order valence-electron chi connectivity index (χ0n) is 14.5. The standard InChI is InChI=1S/C17H25N5O/c1-6-15-14(16(23-5)22(4)21-15)10-19-17(18)20-13-8-7-11(2)12(3)9-13/h7-9H,6,10H2,1-5H3,(H3,18,19,20). The summed E-state index contributed by atoms with van der Waals surface area (Å²) >= 11 is 0. The predicted octanol–water partition coefficient (Wildman–Crippen LogP) is 2.53. The van der Waals surface area contributed by atoms with Crippen molar-refractivity contribution >= 4 is 11.6 Å². The van der Waals surface area contributed by atoms with Gasteiger partial charge in [0.25, 0.3) is 0 Å². The van der Waals surface area contributed by atoms with Crippen molar-refractivity contribution in [2.45, 2.75) is 33.7 Å². The number of benzene rings is 1. The van der Waals surface area contributed by atoms with E-state index in [-0.39, 0.29) is 0 Å². The minimum atomic E-state index is 0.376. The molecule has 0 saturated carbocycles. The van der Waals surface area contributed by atoms with Crippen molar-refractivity contribution in [1.29, 1.82) is 0 Å². The van der Waals surface area contributed by atoms with Crippen LogP contribution in [0.4, 0.5) is 5.69 Å². The summed E-state index contributed by atoms with van der Waals surface area (Å²) in [5.41, 5.74) is 11.4. The van der Waals surface area contributed by atoms with Crippen molar-refractivity contribution < 1.29 is 4.74 Å². The smallest absolute Gasteiger partial charge is 0.216 e. The van der Waals surface area contributed by atoms with Crippen molar-refractivity contribution in [2.75, 3.05) is 12.4 Å². The number of anilines is 1. The Kier molecular flexibility index (Phi) is 5.26. The van der Waals surface area contributed by atoms with E-state index in [4.69, 9.17) is 10.5 Å². The fourth-order valence-electron chi connectivity index (χ4n) is 2.47. The molecule has 1 aromatic heterocycles. The number of ether oxygens (including phenoxy) is 1. The number of nitrogens with one attached hydrogen (secondary N) is 1. The number of nitrogens with zero attached hydrogens (tertiary/aromatic N) is 3. The van der Waals surface area contributed by atoms with Gasteiger partial charge in [0.05, 0.1) is 24.9 Å². The molecule has 23 heavy (non-hydrogen) atoms. The van der Waals surface area contributed by atoms with Crippen LogP contribution >= 0.6 is 0 Å². The highest BCUT2D eigenvalue weighted by Gasteiger charge is 2.15. The molecule has 0 spiro atoms. The van der Waals surface area contributed by atoms with Gasteiger partial charge in [-0.25, -0.2) is 9.67 Å². The number of aliphatic imine (C=N–C) groups is 1. The number of hydrogen-bond donors (Lipinski definition) is 2. The number of rotatable bonds is 5. The van der Waals surface area contributed by atoms with E-state index in [0.29, 0.717) is 12.5 Å². The van der Waals surface area contributed by atoms with Crippen LogP contribution in [0.3, 0.4) is 0 Å². The Balaban J connectivity index is 2.14. The van der Waals surface area contributed by atoms with Gasteiger partial charge in [0.2, 0.25) is 5.88 Å². The van der Waals surface area contributed by atoms with Crippen LogP contribution in [-0.4, -0.2) is 22.8 Å². The number of hydrogen-bond acceptors (Lipinski definition) is 3. The van der Waals surface area contributed by atoms with Crippen molar-refractivity contribution in [3.8, 4) is 5.88 Å². The fourth-order valence-corrected chi connectivity index (χ4v) is 2.47. The number of aromatic nitrogens is 2. The first-order chi connectivity index (χ1) is 11.0. The maximum atomic E-state index is 6.00. The summed E-state index contributed by atoms with van der Waals surface area (Å²) in [4.78, 5) is 4.42. The van der Waals surface area contributed by atoms with E-state index in [1.807, 2.05) is 13.1 Å². The van der Waals surface area contributed by atoms with Crippen LogP contribution < -0.4 is 15.8 Å². The van der Waals surface area contributed by atoms with Gasteiger partial charge >= 0.3 is 0 Å². The topological polar surface area (TPSA) is 77.5 Å². The molecule has 3 N–H and O–H groups in total. The quantitative estimate of drug-likeness (QED) is 0.656. The molecule has 0 aliphatic carbocycles. The van der Waals surface area contributed by atoms with Crippen molar-refractivity contribution in [3.05, 3.63) is 40.6 Å². The highest BCUT2D eigenvalue weighted by Crippen LogP contribution is 2.23. The van der Waals surface area contributed by atoms with E-state index in [1.54, 1.807) is 11.8 Å². The Morgan fingerprint density at radius 1 is 1.35 bits per heavy atom. The summed E-state index contributed by atoms with van der Waals surface area (Å²) in [5.74, 6) is 1.10. The van der Waals surface area contributed by atoms with Gasteiger partial charge in [0, 0.05) is 12.7 Å². The third-order valence-corrected chi connectivity index (χ3v) is 3.89. The van der Waals surface area contributed by atoms with Gasteiger partial charge in [-0.1, -0.05) is 13.0 Å². The predicted molar refractivity (Wildman–Crippen MR) is 94.0 cm³/mol. The first kappa shape index (κ1) is 16.9. The van der Waals surface area contributed by atoms with E-state index >= 15 is 0 Å². The first-order valence-electron chi connectivity index (χ1n) is 7.69. The van der Waals surface area contributed by atoms with Crippen LogP contribution in [0.1, 0.15) is 29.3 Å². The summed E-state index contributed by atoms with van der Waals surface area (Å²) in [5, 5.41) is 7.57. The van der Waals surface area contributed by atoms with Crippen LogP contribution in [-0.2, 0) is 20.0 Å². The highest BCUT2D eigenvalue weighted by molar-refractivity contribution is 5.92. The van der Waals surface area contributed by atoms with Gasteiger partial charge < -0.3 is 15.8 Å². The fraction of sp³-hybridized carbons (Fsp3) is 0.412. The number of aryl methyl sites for hydroxylation is 4. The Morgan fingerprint density at radius 2 is 2.09 bits per heavy atom. The Morgan fingerprint density at radius 3 is 2.70 bits per heavy atom. The SMILES string of the molecule is CCc1nn(C)c(OC)c1CN=C(N)Nc1ccc(C)c(C)c1. The average Bonchev–Trinajstić information content (AvgIpc) is 2.83. The average molecular weight is 315 g/mol. The second-order valence-corrected chi connectivity index (χ2v) is 5.54. The summed E-state index contributed by atoms with van der Waals surface area (Å²) in [6.45, 7) is 6.65. The maximum absolute atomic E-state index is 6.00. The van der Waals surface area contributed by atoms with Gasteiger partial charge in [0.1, 0.15) is 0 Å². The van der Waals surface area contributed by atoms with Crippen LogP contribution in [0, 0.1) is 13.8 Å². The molecule has 6 nitrogen and oxygen atoms in total. The molecule has 6 heteroatoms. The van der Waals surface area contributed by atoms with E-state index in [0.717, 1.165) is 29.2 Å². The third-order valence-electron chi connectivity index (χ3n) is 3.89. The van der Waals surface area contributed by atoms with E-state index in [2.05, 4.69) is 48.3 Å². The van der Waals surface area contributed by atoms with Gasteiger partial charge in [-0.3, -0.25) is 0 Å². The van der Waals surface area contributed by atoms with Crippen LogP contribution in [0.5, 0.6) is 5.88 Å². The van der Waals surface area contributed by atoms with Gasteiger partial charge in [0.15, 0.2) is 5.96 Å². The molecule has 0 saturated heterocycles. The second kappa shape index (κ2) is 7.17. The van der Waals surface area contributed by atoms with Crippen LogP contribution in [0.25, 0.3) is 0 Å². The molecule has 124 valence electrons. The number of methoxy groups -OCH3 is 1. The molecule has 0 aliphatic rings. The molecule has 2 rings (SSSR count). The summed E-state index contributed by atoms with van der Waals surface area (Å²) in [6.07, 6.45) is 0.826. The molecule has 0 aliphatic heterocycles. The molecule has 0 radical (unpaired) electrons. The summed E-state index contributed by atoms with van der Waals surface area (Å²) in [7, 11) is 3.50. The van der Waals surface area contributed by atoms with Gasteiger partial charge in [-0.2, -0.15) is 5.10 Å². The molecule has 1 aromatic carbocycles. The van der Waals surface area contributed by atoms with Crippen molar-refractivity contribution in [1.82, 2.24) is 9.78 Å². The molecule has 0 bridgehead atoms. The van der Waals surface area contributed by atoms with E-state index in [1.165, 1.54) is 11.1 Å². The minimum Gasteiger partial charge on any atom is -0.481 e. The Bertz CT molecular complexity index is 718. The van der Waals surface area contributed by atoms with Gasteiger partial charge in [-0.05, 0) is 43.5 Å².